The first-order valence-corrected chi connectivity index (χ1v) is 9.31. The average Bonchev–Trinajstić information content (AvgIpc) is 3.03. The lowest BCUT2D eigenvalue weighted by Gasteiger charge is -2.18. The predicted octanol–water partition coefficient (Wildman–Crippen LogP) is 3.11. The van der Waals surface area contributed by atoms with E-state index in [2.05, 4.69) is 5.32 Å². The molecule has 0 fully saturated rings. The van der Waals surface area contributed by atoms with Crippen LogP contribution < -0.4 is 11.1 Å². The smallest absolute Gasteiger partial charge is 0.408 e. The number of aromatic nitrogens is 1. The summed E-state index contributed by atoms with van der Waals surface area (Å²) >= 11 is 0. The van der Waals surface area contributed by atoms with E-state index in [1.807, 2.05) is 19.9 Å². The summed E-state index contributed by atoms with van der Waals surface area (Å²) in [4.78, 5) is 38.2. The van der Waals surface area contributed by atoms with Crippen molar-refractivity contribution in [3.05, 3.63) is 64.6 Å². The van der Waals surface area contributed by atoms with Crippen molar-refractivity contribution in [3.63, 3.8) is 0 Å². The monoisotopic (exact) mass is 381 g/mol. The Kier molecular flexibility index (Phi) is 5.93. The van der Waals surface area contributed by atoms with Crippen molar-refractivity contribution in [1.29, 1.82) is 0 Å². The first-order valence-electron chi connectivity index (χ1n) is 9.31. The van der Waals surface area contributed by atoms with Gasteiger partial charge in [-0.2, -0.15) is 0 Å². The van der Waals surface area contributed by atoms with Crippen molar-refractivity contribution in [1.82, 2.24) is 9.47 Å². The molecule has 3 rings (SSSR count). The summed E-state index contributed by atoms with van der Waals surface area (Å²) in [5.41, 5.74) is 2.35. The number of hydrogen-bond donors (Lipinski definition) is 1. The van der Waals surface area contributed by atoms with E-state index in [1.54, 1.807) is 47.4 Å². The van der Waals surface area contributed by atoms with Gasteiger partial charge in [-0.1, -0.05) is 12.1 Å². The van der Waals surface area contributed by atoms with Crippen LogP contribution in [0.1, 0.15) is 30.6 Å². The van der Waals surface area contributed by atoms with Crippen LogP contribution in [0.25, 0.3) is 11.1 Å². The molecule has 0 aliphatic heterocycles. The number of amides is 2. The Morgan fingerprint density at radius 1 is 1.04 bits per heavy atom. The molecule has 0 unspecified atom stereocenters. The number of fused-ring (bicyclic) bond motifs is 1. The molecule has 0 saturated carbocycles. The van der Waals surface area contributed by atoms with Gasteiger partial charge in [-0.05, 0) is 50.2 Å². The Bertz CT molecular complexity index is 1030. The Morgan fingerprint density at radius 2 is 1.71 bits per heavy atom. The number of anilines is 1. The zero-order valence-corrected chi connectivity index (χ0v) is 16.0. The molecule has 0 atom stereocenters. The average molecular weight is 381 g/mol. The van der Waals surface area contributed by atoms with Gasteiger partial charge in [0.2, 0.25) is 5.91 Å². The predicted molar refractivity (Wildman–Crippen MR) is 107 cm³/mol. The molecule has 7 nitrogen and oxygen atoms in total. The van der Waals surface area contributed by atoms with E-state index in [1.165, 1.54) is 4.57 Å². The van der Waals surface area contributed by atoms with Crippen molar-refractivity contribution in [2.45, 2.75) is 26.8 Å². The molecule has 146 valence electrons. The second-order valence-corrected chi connectivity index (χ2v) is 6.34. The quantitative estimate of drug-likeness (QED) is 0.681. The van der Waals surface area contributed by atoms with Crippen molar-refractivity contribution in [3.8, 4) is 0 Å². The van der Waals surface area contributed by atoms with Gasteiger partial charge in [0, 0.05) is 37.3 Å². The van der Waals surface area contributed by atoms with E-state index in [0.717, 1.165) is 0 Å². The summed E-state index contributed by atoms with van der Waals surface area (Å²) in [7, 11) is 0. The van der Waals surface area contributed by atoms with E-state index in [0.29, 0.717) is 35.4 Å². The summed E-state index contributed by atoms with van der Waals surface area (Å²) in [6, 6.07) is 13.9. The zero-order valence-electron chi connectivity index (χ0n) is 16.0. The first-order chi connectivity index (χ1) is 13.5. The highest BCUT2D eigenvalue weighted by Crippen LogP contribution is 2.14. The molecule has 2 aromatic carbocycles. The molecule has 7 heteroatoms. The third kappa shape index (κ3) is 4.14. The minimum absolute atomic E-state index is 0.0333. The lowest BCUT2D eigenvalue weighted by atomic mass is 10.1. The number of carbonyl (C=O) groups is 2. The Labute approximate surface area is 162 Å². The third-order valence-electron chi connectivity index (χ3n) is 4.60. The highest BCUT2D eigenvalue weighted by molar-refractivity contribution is 5.95. The maximum atomic E-state index is 12.3. The number of para-hydroxylation sites is 2. The standard InChI is InChI=1S/C21H23N3O4/c1-3-23(4-2)20(26)15-9-11-16(12-10-15)22-19(25)13-14-24-17-7-5-6-8-18(17)28-21(24)27/h5-12H,3-4,13-14H2,1-2H3,(H,22,25). The Hall–Kier alpha value is -3.35. The van der Waals surface area contributed by atoms with Crippen molar-refractivity contribution < 1.29 is 14.0 Å². The molecule has 0 aliphatic rings. The third-order valence-corrected chi connectivity index (χ3v) is 4.60. The number of aryl methyl sites for hydroxylation is 1. The molecule has 0 bridgehead atoms. The van der Waals surface area contributed by atoms with E-state index in [4.69, 9.17) is 4.42 Å². The molecular weight excluding hydrogens is 358 g/mol. The fourth-order valence-corrected chi connectivity index (χ4v) is 3.05. The van der Waals surface area contributed by atoms with Gasteiger partial charge in [0.15, 0.2) is 5.58 Å². The van der Waals surface area contributed by atoms with Crippen molar-refractivity contribution in [2.24, 2.45) is 0 Å². The summed E-state index contributed by atoms with van der Waals surface area (Å²) in [6.07, 6.45) is 0.129. The van der Waals surface area contributed by atoms with Crippen LogP contribution in [-0.2, 0) is 11.3 Å². The lowest BCUT2D eigenvalue weighted by Crippen LogP contribution is -2.30. The minimum Gasteiger partial charge on any atom is -0.408 e. The highest BCUT2D eigenvalue weighted by Gasteiger charge is 2.13. The van der Waals surface area contributed by atoms with Gasteiger partial charge >= 0.3 is 5.76 Å². The van der Waals surface area contributed by atoms with Crippen LogP contribution in [0.3, 0.4) is 0 Å². The summed E-state index contributed by atoms with van der Waals surface area (Å²) in [6.45, 7) is 5.39. The molecule has 1 N–H and O–H groups in total. The van der Waals surface area contributed by atoms with Crippen LogP contribution in [0, 0.1) is 0 Å². The van der Waals surface area contributed by atoms with Crippen LogP contribution in [0.15, 0.2) is 57.7 Å². The second kappa shape index (κ2) is 8.56. The molecule has 1 heterocycles. The molecule has 0 saturated heterocycles. The van der Waals surface area contributed by atoms with Gasteiger partial charge < -0.3 is 14.6 Å². The van der Waals surface area contributed by atoms with Gasteiger partial charge in [0.05, 0.1) is 5.52 Å². The van der Waals surface area contributed by atoms with Crippen LogP contribution in [0.2, 0.25) is 0 Å². The molecule has 1 aromatic heterocycles. The zero-order chi connectivity index (χ0) is 20.1. The maximum Gasteiger partial charge on any atom is 0.419 e. The first kappa shape index (κ1) is 19.4. The number of hydrogen-bond acceptors (Lipinski definition) is 4. The number of nitrogens with zero attached hydrogens (tertiary/aromatic N) is 2. The topological polar surface area (TPSA) is 84.5 Å². The lowest BCUT2D eigenvalue weighted by molar-refractivity contribution is -0.116. The minimum atomic E-state index is -0.478. The summed E-state index contributed by atoms with van der Waals surface area (Å²) < 4.78 is 6.61. The van der Waals surface area contributed by atoms with Gasteiger partial charge in [-0.15, -0.1) is 0 Å². The molecular formula is C21H23N3O4. The van der Waals surface area contributed by atoms with Crippen molar-refractivity contribution in [2.75, 3.05) is 18.4 Å². The van der Waals surface area contributed by atoms with Crippen LogP contribution in [0.4, 0.5) is 5.69 Å². The fourth-order valence-electron chi connectivity index (χ4n) is 3.05. The largest absolute Gasteiger partial charge is 0.419 e. The van der Waals surface area contributed by atoms with Gasteiger partial charge in [0.1, 0.15) is 0 Å². The van der Waals surface area contributed by atoms with Crippen molar-refractivity contribution >= 4 is 28.6 Å². The fraction of sp³-hybridized carbons (Fsp3) is 0.286. The molecule has 28 heavy (non-hydrogen) atoms. The van der Waals surface area contributed by atoms with E-state index < -0.39 is 5.76 Å². The molecule has 2 amide bonds. The molecule has 0 spiro atoms. The Balaban J connectivity index is 1.61. The summed E-state index contributed by atoms with van der Waals surface area (Å²) in [5.74, 6) is -0.734. The number of carbonyl (C=O) groups excluding carboxylic acids is 2. The molecule has 0 radical (unpaired) electrons. The van der Waals surface area contributed by atoms with Gasteiger partial charge in [-0.25, -0.2) is 4.79 Å². The number of oxazole rings is 1. The number of rotatable bonds is 7. The molecule has 3 aromatic rings. The highest BCUT2D eigenvalue weighted by atomic mass is 16.4. The number of benzene rings is 2. The van der Waals surface area contributed by atoms with Gasteiger partial charge in [0.25, 0.3) is 5.91 Å². The van der Waals surface area contributed by atoms with Crippen LogP contribution >= 0.6 is 0 Å². The normalized spacial score (nSPS) is 10.8. The maximum absolute atomic E-state index is 12.3. The summed E-state index contributed by atoms with van der Waals surface area (Å²) in [5, 5.41) is 2.79. The Morgan fingerprint density at radius 3 is 2.39 bits per heavy atom. The SMILES string of the molecule is CCN(CC)C(=O)c1ccc(NC(=O)CCn2c(=O)oc3ccccc32)cc1. The van der Waals surface area contributed by atoms with Gasteiger partial charge in [-0.3, -0.25) is 14.2 Å². The van der Waals surface area contributed by atoms with E-state index in [9.17, 15) is 14.4 Å². The van der Waals surface area contributed by atoms with Crippen LogP contribution in [0.5, 0.6) is 0 Å². The second-order valence-electron chi connectivity index (χ2n) is 6.34. The van der Waals surface area contributed by atoms with E-state index >= 15 is 0 Å². The van der Waals surface area contributed by atoms with Crippen LogP contribution in [-0.4, -0.2) is 34.4 Å². The van der Waals surface area contributed by atoms with E-state index in [-0.39, 0.29) is 24.8 Å². The molecule has 0 aliphatic carbocycles. The number of nitrogens with one attached hydrogen (secondary N) is 1.